The Kier molecular flexibility index (Phi) is 4.67. The average Bonchev–Trinajstić information content (AvgIpc) is 2.96. The Morgan fingerprint density at radius 2 is 2.04 bits per heavy atom. The third-order valence-electron chi connectivity index (χ3n) is 4.69. The summed E-state index contributed by atoms with van der Waals surface area (Å²) < 4.78 is 44.6. The molecule has 1 aromatic heterocycles. The van der Waals surface area contributed by atoms with Crippen LogP contribution in [0.25, 0.3) is 10.9 Å². The molecule has 2 aromatic rings. The number of halogens is 3. The van der Waals surface area contributed by atoms with Gasteiger partial charge in [0.05, 0.1) is 11.1 Å². The quantitative estimate of drug-likeness (QED) is 0.820. The first-order valence-electron chi connectivity index (χ1n) is 8.29. The lowest BCUT2D eigenvalue weighted by molar-refractivity contribution is -0.137. The van der Waals surface area contributed by atoms with Crippen molar-refractivity contribution in [2.75, 3.05) is 13.1 Å². The molecule has 1 aliphatic heterocycles. The van der Waals surface area contributed by atoms with Crippen molar-refractivity contribution in [1.29, 1.82) is 0 Å². The molecule has 0 spiro atoms. The predicted octanol–water partition coefficient (Wildman–Crippen LogP) is 4.51. The van der Waals surface area contributed by atoms with Crippen molar-refractivity contribution in [3.05, 3.63) is 36.0 Å². The third-order valence-corrected chi connectivity index (χ3v) is 4.69. The SMILES string of the molecule is CCC1CC(Oc2ccnc3cc(C(F)(F)F)ccc23)CN1CC. The van der Waals surface area contributed by atoms with Gasteiger partial charge in [-0.2, -0.15) is 13.2 Å². The van der Waals surface area contributed by atoms with Crippen LogP contribution in [0.2, 0.25) is 0 Å². The minimum Gasteiger partial charge on any atom is -0.488 e. The normalized spacial score (nSPS) is 22.2. The first-order chi connectivity index (χ1) is 11.4. The van der Waals surface area contributed by atoms with Gasteiger partial charge >= 0.3 is 6.18 Å². The van der Waals surface area contributed by atoms with E-state index in [1.165, 1.54) is 12.3 Å². The van der Waals surface area contributed by atoms with Crippen LogP contribution in [0.4, 0.5) is 13.2 Å². The minimum absolute atomic E-state index is 0.0581. The molecule has 0 amide bonds. The molecular formula is C18H21F3N2O. The summed E-state index contributed by atoms with van der Waals surface area (Å²) in [5, 5.41) is 0.619. The minimum atomic E-state index is -4.37. The molecule has 2 heterocycles. The summed E-state index contributed by atoms with van der Waals surface area (Å²) in [5.41, 5.74) is -0.386. The third kappa shape index (κ3) is 3.34. The average molecular weight is 338 g/mol. The molecule has 1 saturated heterocycles. The second-order valence-electron chi connectivity index (χ2n) is 6.16. The Bertz CT molecular complexity index is 705. The largest absolute Gasteiger partial charge is 0.488 e. The fourth-order valence-electron chi connectivity index (χ4n) is 3.42. The van der Waals surface area contributed by atoms with Crippen LogP contribution < -0.4 is 4.74 Å². The highest BCUT2D eigenvalue weighted by molar-refractivity contribution is 5.85. The fraction of sp³-hybridized carbons (Fsp3) is 0.500. The Balaban J connectivity index is 1.85. The van der Waals surface area contributed by atoms with Gasteiger partial charge in [-0.1, -0.05) is 13.8 Å². The van der Waals surface area contributed by atoms with E-state index in [1.54, 1.807) is 6.07 Å². The van der Waals surface area contributed by atoms with E-state index in [-0.39, 0.29) is 6.10 Å². The highest BCUT2D eigenvalue weighted by atomic mass is 19.4. The zero-order valence-corrected chi connectivity index (χ0v) is 13.8. The summed E-state index contributed by atoms with van der Waals surface area (Å²) in [6.07, 6.45) is -0.799. The molecule has 1 aliphatic rings. The Morgan fingerprint density at radius 1 is 1.25 bits per heavy atom. The molecule has 6 heteroatoms. The van der Waals surface area contributed by atoms with Crippen LogP contribution in [0.3, 0.4) is 0 Å². The van der Waals surface area contributed by atoms with Crippen molar-refractivity contribution in [3.8, 4) is 5.75 Å². The molecule has 0 saturated carbocycles. The second-order valence-corrected chi connectivity index (χ2v) is 6.16. The molecule has 3 rings (SSSR count). The van der Waals surface area contributed by atoms with E-state index < -0.39 is 11.7 Å². The fourth-order valence-corrected chi connectivity index (χ4v) is 3.42. The maximum absolute atomic E-state index is 12.8. The van der Waals surface area contributed by atoms with Gasteiger partial charge in [0.2, 0.25) is 0 Å². The number of alkyl halides is 3. The van der Waals surface area contributed by atoms with Crippen molar-refractivity contribution in [2.45, 2.75) is 45.0 Å². The second kappa shape index (κ2) is 6.59. The highest BCUT2D eigenvalue weighted by Crippen LogP contribution is 2.34. The van der Waals surface area contributed by atoms with Gasteiger partial charge in [-0.25, -0.2) is 0 Å². The standard InChI is InChI=1S/C18H21F3N2O/c1-3-13-10-14(11-23(13)4-2)24-17-7-8-22-16-9-12(18(19,20)21)5-6-15(16)17/h5-9,13-14H,3-4,10-11H2,1-2H3. The molecule has 0 N–H and O–H groups in total. The van der Waals surface area contributed by atoms with Gasteiger partial charge in [0, 0.05) is 30.6 Å². The van der Waals surface area contributed by atoms with Crippen molar-refractivity contribution in [1.82, 2.24) is 9.88 Å². The molecule has 0 aliphatic carbocycles. The van der Waals surface area contributed by atoms with Crippen molar-refractivity contribution in [2.24, 2.45) is 0 Å². The number of likely N-dealkylation sites (tertiary alicyclic amines) is 1. The van der Waals surface area contributed by atoms with E-state index >= 15 is 0 Å². The Labute approximate surface area is 139 Å². The number of nitrogens with zero attached hydrogens (tertiary/aromatic N) is 2. The summed E-state index contributed by atoms with van der Waals surface area (Å²) in [4.78, 5) is 6.45. The number of hydrogen-bond acceptors (Lipinski definition) is 3. The van der Waals surface area contributed by atoms with Crippen molar-refractivity contribution in [3.63, 3.8) is 0 Å². The van der Waals surface area contributed by atoms with E-state index in [4.69, 9.17) is 4.74 Å². The van der Waals surface area contributed by atoms with E-state index in [0.29, 0.717) is 22.7 Å². The molecule has 2 unspecified atom stereocenters. The van der Waals surface area contributed by atoms with Gasteiger partial charge in [-0.15, -0.1) is 0 Å². The van der Waals surface area contributed by atoms with Crippen LogP contribution in [0, 0.1) is 0 Å². The van der Waals surface area contributed by atoms with E-state index in [9.17, 15) is 13.2 Å². The van der Waals surface area contributed by atoms with Crippen molar-refractivity contribution >= 4 is 10.9 Å². The molecule has 1 aromatic carbocycles. The smallest absolute Gasteiger partial charge is 0.416 e. The Morgan fingerprint density at radius 3 is 2.67 bits per heavy atom. The van der Waals surface area contributed by atoms with Crippen molar-refractivity contribution < 1.29 is 17.9 Å². The number of benzene rings is 1. The monoisotopic (exact) mass is 338 g/mol. The lowest BCUT2D eigenvalue weighted by atomic mass is 10.1. The maximum Gasteiger partial charge on any atom is 0.416 e. The van der Waals surface area contributed by atoms with Crippen LogP contribution in [0.15, 0.2) is 30.5 Å². The number of fused-ring (bicyclic) bond motifs is 1. The molecule has 3 nitrogen and oxygen atoms in total. The maximum atomic E-state index is 12.8. The number of aromatic nitrogens is 1. The van der Waals surface area contributed by atoms with Gasteiger partial charge in [0.15, 0.2) is 0 Å². The van der Waals surface area contributed by atoms with Crippen LogP contribution in [-0.2, 0) is 6.18 Å². The first kappa shape index (κ1) is 17.0. The predicted molar refractivity (Wildman–Crippen MR) is 87.1 cm³/mol. The molecule has 130 valence electrons. The zero-order valence-electron chi connectivity index (χ0n) is 13.8. The van der Waals surface area contributed by atoms with Gasteiger partial charge in [0.1, 0.15) is 11.9 Å². The van der Waals surface area contributed by atoms with Gasteiger partial charge in [0.25, 0.3) is 0 Å². The number of hydrogen-bond donors (Lipinski definition) is 0. The molecular weight excluding hydrogens is 317 g/mol. The topological polar surface area (TPSA) is 25.4 Å². The summed E-state index contributed by atoms with van der Waals surface area (Å²) in [6, 6.07) is 5.84. The molecule has 2 atom stereocenters. The van der Waals surface area contributed by atoms with E-state index in [1.807, 2.05) is 0 Å². The Hall–Kier alpha value is -1.82. The van der Waals surface area contributed by atoms with Gasteiger partial charge < -0.3 is 4.74 Å². The number of ether oxygens (including phenoxy) is 1. The number of rotatable bonds is 4. The lowest BCUT2D eigenvalue weighted by Crippen LogP contribution is -2.29. The number of likely N-dealkylation sites (N-methyl/N-ethyl adjacent to an activating group) is 1. The van der Waals surface area contributed by atoms with Crippen LogP contribution >= 0.6 is 0 Å². The van der Waals surface area contributed by atoms with Crippen LogP contribution in [0.1, 0.15) is 32.3 Å². The molecule has 1 fully saturated rings. The van der Waals surface area contributed by atoms with E-state index in [0.717, 1.165) is 38.1 Å². The molecule has 0 radical (unpaired) electrons. The van der Waals surface area contributed by atoms with Crippen LogP contribution in [0.5, 0.6) is 5.75 Å². The molecule has 24 heavy (non-hydrogen) atoms. The first-order valence-corrected chi connectivity index (χ1v) is 8.29. The summed E-state index contributed by atoms with van der Waals surface area (Å²) in [6.45, 7) is 6.12. The zero-order chi connectivity index (χ0) is 17.3. The number of pyridine rings is 1. The molecule has 0 bridgehead atoms. The van der Waals surface area contributed by atoms with Crippen LogP contribution in [-0.4, -0.2) is 35.1 Å². The highest BCUT2D eigenvalue weighted by Gasteiger charge is 2.32. The van der Waals surface area contributed by atoms with Gasteiger partial charge in [-0.05, 0) is 37.2 Å². The summed E-state index contributed by atoms with van der Waals surface area (Å²) in [5.74, 6) is 0.603. The van der Waals surface area contributed by atoms with E-state index in [2.05, 4.69) is 23.7 Å². The van der Waals surface area contributed by atoms with Gasteiger partial charge in [-0.3, -0.25) is 9.88 Å². The lowest BCUT2D eigenvalue weighted by Gasteiger charge is -2.20. The summed E-state index contributed by atoms with van der Waals surface area (Å²) in [7, 11) is 0. The summed E-state index contributed by atoms with van der Waals surface area (Å²) >= 11 is 0.